The summed E-state index contributed by atoms with van der Waals surface area (Å²) in [4.78, 5) is 12.7. The smallest absolute Gasteiger partial charge is 0.247 e. The summed E-state index contributed by atoms with van der Waals surface area (Å²) in [7, 11) is -3.66. The number of amides is 1. The Balaban J connectivity index is 2.23. The van der Waals surface area contributed by atoms with Crippen LogP contribution in [0.4, 0.5) is 11.4 Å². The van der Waals surface area contributed by atoms with Gasteiger partial charge in [0, 0.05) is 5.69 Å². The number of anilines is 2. The minimum atomic E-state index is -3.66. The van der Waals surface area contributed by atoms with E-state index < -0.39 is 22.0 Å². The highest BCUT2D eigenvalue weighted by atomic mass is 32.2. The van der Waals surface area contributed by atoms with Gasteiger partial charge in [-0.2, -0.15) is 0 Å². The molecule has 0 aromatic heterocycles. The number of aryl methyl sites for hydroxylation is 2. The van der Waals surface area contributed by atoms with Crippen LogP contribution in [-0.2, 0) is 14.8 Å². The molecule has 6 nitrogen and oxygen atoms in total. The summed E-state index contributed by atoms with van der Waals surface area (Å²) in [6.07, 6.45) is 2.74. The maximum Gasteiger partial charge on any atom is 0.247 e. The molecule has 0 spiro atoms. The summed E-state index contributed by atoms with van der Waals surface area (Å²) in [5.41, 5.74) is 2.87. The first kappa shape index (κ1) is 21.5. The summed E-state index contributed by atoms with van der Waals surface area (Å²) in [5.74, 6) is 0.225. The maximum atomic E-state index is 12.7. The summed E-state index contributed by atoms with van der Waals surface area (Å²) in [6, 6.07) is 11.4. The Morgan fingerprint density at radius 2 is 1.75 bits per heavy atom. The minimum absolute atomic E-state index is 0.391. The van der Waals surface area contributed by atoms with E-state index in [1.807, 2.05) is 19.9 Å². The normalized spacial score (nSPS) is 12.1. The summed E-state index contributed by atoms with van der Waals surface area (Å²) < 4.78 is 31.4. The van der Waals surface area contributed by atoms with Crippen molar-refractivity contribution < 1.29 is 17.9 Å². The van der Waals surface area contributed by atoms with Crippen molar-refractivity contribution in [2.24, 2.45) is 0 Å². The van der Waals surface area contributed by atoms with Gasteiger partial charge in [0.05, 0.1) is 11.9 Å². The lowest BCUT2D eigenvalue weighted by molar-refractivity contribution is -0.116. The molecule has 0 aliphatic heterocycles. The molecule has 0 aliphatic rings. The van der Waals surface area contributed by atoms with Crippen LogP contribution in [-0.4, -0.2) is 33.2 Å². The second-order valence-corrected chi connectivity index (χ2v) is 8.55. The molecule has 0 unspecified atom stereocenters. The lowest BCUT2D eigenvalue weighted by Gasteiger charge is -2.28. The molecule has 0 radical (unpaired) electrons. The van der Waals surface area contributed by atoms with Gasteiger partial charge in [0.25, 0.3) is 0 Å². The third-order valence-electron chi connectivity index (χ3n) is 4.04. The van der Waals surface area contributed by atoms with Gasteiger partial charge in [0.2, 0.25) is 15.9 Å². The topological polar surface area (TPSA) is 75.7 Å². The van der Waals surface area contributed by atoms with E-state index >= 15 is 0 Å². The van der Waals surface area contributed by atoms with Crippen molar-refractivity contribution in [1.82, 2.24) is 0 Å². The molecule has 0 saturated heterocycles. The number of carbonyl (C=O) groups is 1. The molecular weight excluding hydrogens is 376 g/mol. The average Bonchev–Trinajstić information content (AvgIpc) is 2.59. The number of hydrogen-bond acceptors (Lipinski definition) is 4. The van der Waals surface area contributed by atoms with Crippen molar-refractivity contribution in [3.63, 3.8) is 0 Å². The first-order chi connectivity index (χ1) is 13.1. The first-order valence-electron chi connectivity index (χ1n) is 8.84. The average molecular weight is 403 g/mol. The molecule has 1 amide bonds. The van der Waals surface area contributed by atoms with Crippen molar-refractivity contribution in [2.75, 3.05) is 22.5 Å². The van der Waals surface area contributed by atoms with E-state index in [9.17, 15) is 13.2 Å². The van der Waals surface area contributed by atoms with E-state index in [0.29, 0.717) is 23.7 Å². The van der Waals surface area contributed by atoms with E-state index in [2.05, 4.69) is 11.9 Å². The van der Waals surface area contributed by atoms with Crippen molar-refractivity contribution >= 4 is 27.3 Å². The quantitative estimate of drug-likeness (QED) is 0.684. The van der Waals surface area contributed by atoms with Crippen molar-refractivity contribution in [1.29, 1.82) is 0 Å². The van der Waals surface area contributed by atoms with E-state index in [0.717, 1.165) is 21.7 Å². The molecule has 7 heteroatoms. The lowest BCUT2D eigenvalue weighted by Crippen LogP contribution is -2.45. The molecule has 2 aromatic carbocycles. The van der Waals surface area contributed by atoms with Crippen LogP contribution >= 0.6 is 0 Å². The van der Waals surface area contributed by atoms with Crippen LogP contribution in [0.5, 0.6) is 5.75 Å². The second kappa shape index (κ2) is 8.93. The number of hydrogen-bond donors (Lipinski definition) is 1. The Morgan fingerprint density at radius 3 is 2.25 bits per heavy atom. The molecule has 28 heavy (non-hydrogen) atoms. The number of nitrogens with one attached hydrogen (secondary N) is 1. The van der Waals surface area contributed by atoms with Gasteiger partial charge < -0.3 is 10.1 Å². The summed E-state index contributed by atoms with van der Waals surface area (Å²) in [6.45, 7) is 9.32. The Kier molecular flexibility index (Phi) is 6.85. The van der Waals surface area contributed by atoms with Crippen molar-refractivity contribution in [2.45, 2.75) is 26.8 Å². The SMILES string of the molecule is C=CCOc1ccc(NC(=O)[C@H](C)N(c2cc(C)cc(C)c2)S(C)(=O)=O)cc1. The summed E-state index contributed by atoms with van der Waals surface area (Å²) in [5, 5.41) is 2.76. The zero-order valence-corrected chi connectivity index (χ0v) is 17.4. The first-order valence-corrected chi connectivity index (χ1v) is 10.7. The van der Waals surface area contributed by atoms with Crippen molar-refractivity contribution in [3.05, 3.63) is 66.2 Å². The lowest BCUT2D eigenvalue weighted by atomic mass is 10.1. The number of rotatable bonds is 8. The highest BCUT2D eigenvalue weighted by molar-refractivity contribution is 7.92. The van der Waals surface area contributed by atoms with Crippen LogP contribution in [0, 0.1) is 13.8 Å². The second-order valence-electron chi connectivity index (χ2n) is 6.69. The molecule has 0 saturated carbocycles. The monoisotopic (exact) mass is 402 g/mol. The van der Waals surface area contributed by atoms with Crippen LogP contribution in [0.25, 0.3) is 0 Å². The highest BCUT2D eigenvalue weighted by Crippen LogP contribution is 2.24. The fraction of sp³-hybridized carbons (Fsp3) is 0.286. The zero-order valence-electron chi connectivity index (χ0n) is 16.6. The Bertz CT molecular complexity index is 933. The van der Waals surface area contributed by atoms with Gasteiger partial charge in [-0.3, -0.25) is 9.10 Å². The molecule has 0 fully saturated rings. The van der Waals surface area contributed by atoms with Crippen molar-refractivity contribution in [3.8, 4) is 5.75 Å². The van der Waals surface area contributed by atoms with Crippen LogP contribution < -0.4 is 14.4 Å². The molecule has 0 bridgehead atoms. The van der Waals surface area contributed by atoms with E-state index in [-0.39, 0.29) is 0 Å². The van der Waals surface area contributed by atoms with Crippen LogP contribution in [0.2, 0.25) is 0 Å². The maximum absolute atomic E-state index is 12.7. The van der Waals surface area contributed by atoms with Gasteiger partial charge in [-0.1, -0.05) is 18.7 Å². The molecule has 0 heterocycles. The van der Waals surface area contributed by atoms with E-state index in [1.54, 1.807) is 49.4 Å². The van der Waals surface area contributed by atoms with Gasteiger partial charge in [-0.15, -0.1) is 0 Å². The van der Waals surface area contributed by atoms with E-state index in [4.69, 9.17) is 4.74 Å². The molecule has 2 aromatic rings. The van der Waals surface area contributed by atoms with Crippen LogP contribution in [0.3, 0.4) is 0 Å². The van der Waals surface area contributed by atoms with Crippen LogP contribution in [0.1, 0.15) is 18.1 Å². The van der Waals surface area contributed by atoms with Gasteiger partial charge in [-0.05, 0) is 68.3 Å². The fourth-order valence-electron chi connectivity index (χ4n) is 2.92. The molecule has 1 N–H and O–H groups in total. The number of benzene rings is 2. The third kappa shape index (κ3) is 5.60. The molecular formula is C21H26N2O4S. The Morgan fingerprint density at radius 1 is 1.18 bits per heavy atom. The van der Waals surface area contributed by atoms with Gasteiger partial charge in [0.1, 0.15) is 18.4 Å². The number of sulfonamides is 1. The minimum Gasteiger partial charge on any atom is -0.490 e. The number of ether oxygens (including phenoxy) is 1. The fourth-order valence-corrected chi connectivity index (χ4v) is 4.08. The Labute approximate surface area is 166 Å². The van der Waals surface area contributed by atoms with Gasteiger partial charge in [0.15, 0.2) is 0 Å². The highest BCUT2D eigenvalue weighted by Gasteiger charge is 2.29. The van der Waals surface area contributed by atoms with Gasteiger partial charge in [-0.25, -0.2) is 8.42 Å². The van der Waals surface area contributed by atoms with E-state index in [1.165, 1.54) is 0 Å². The molecule has 1 atom stereocenters. The van der Waals surface area contributed by atoms with Gasteiger partial charge >= 0.3 is 0 Å². The number of carbonyl (C=O) groups excluding carboxylic acids is 1. The van der Waals surface area contributed by atoms with Crippen LogP contribution in [0.15, 0.2) is 55.1 Å². The standard InChI is InChI=1S/C21H26N2O4S/c1-6-11-27-20-9-7-18(8-10-20)22-21(24)17(4)23(28(5,25)26)19-13-15(2)12-16(3)14-19/h6-10,12-14,17H,1,11H2,2-5H3,(H,22,24)/t17-/m0/s1. The zero-order chi connectivity index (χ0) is 20.9. The number of nitrogens with zero attached hydrogens (tertiary/aromatic N) is 1. The molecule has 2 rings (SSSR count). The molecule has 0 aliphatic carbocycles. The Hall–Kier alpha value is -2.80. The predicted octanol–water partition coefficient (Wildman–Crippen LogP) is 3.66. The predicted molar refractivity (Wildman–Crippen MR) is 113 cm³/mol. The molecule has 150 valence electrons. The third-order valence-corrected chi connectivity index (χ3v) is 5.28. The summed E-state index contributed by atoms with van der Waals surface area (Å²) >= 11 is 0. The largest absolute Gasteiger partial charge is 0.490 e.